The molecule has 0 spiro atoms. The molecule has 0 atom stereocenters. The highest BCUT2D eigenvalue weighted by Crippen LogP contribution is 2.15. The summed E-state index contributed by atoms with van der Waals surface area (Å²) in [6.07, 6.45) is 6.74. The molecule has 0 aromatic carbocycles. The second-order valence-electron chi connectivity index (χ2n) is 5.87. The molecule has 1 aliphatic rings. The summed E-state index contributed by atoms with van der Waals surface area (Å²) in [6, 6.07) is 3.65. The Bertz CT molecular complexity index is 668. The maximum atomic E-state index is 12.3. The number of aryl methyl sites for hydroxylation is 1. The van der Waals surface area contributed by atoms with Crippen LogP contribution < -0.4 is 9.64 Å². The van der Waals surface area contributed by atoms with E-state index in [0.29, 0.717) is 37.9 Å². The highest BCUT2D eigenvalue weighted by molar-refractivity contribution is 5.76. The molecule has 8 nitrogen and oxygen atoms in total. The SMILES string of the molecule is CCOc1ccnc(N2CCN(C(=O)CCCn3cccn3)CC2)n1. The average Bonchev–Trinajstić information content (AvgIpc) is 3.16. The van der Waals surface area contributed by atoms with E-state index in [9.17, 15) is 4.79 Å². The largest absolute Gasteiger partial charge is 0.478 e. The van der Waals surface area contributed by atoms with Crippen molar-refractivity contribution in [2.24, 2.45) is 0 Å². The van der Waals surface area contributed by atoms with Crippen LogP contribution in [0, 0.1) is 0 Å². The average molecular weight is 344 g/mol. The number of hydrogen-bond donors (Lipinski definition) is 0. The first-order valence-electron chi connectivity index (χ1n) is 8.72. The number of ether oxygens (including phenoxy) is 1. The second-order valence-corrected chi connectivity index (χ2v) is 5.87. The first-order chi connectivity index (χ1) is 12.3. The third-order valence-corrected chi connectivity index (χ3v) is 4.16. The number of amides is 1. The molecule has 25 heavy (non-hydrogen) atoms. The lowest BCUT2D eigenvalue weighted by Crippen LogP contribution is -2.49. The fraction of sp³-hybridized carbons (Fsp3) is 0.529. The van der Waals surface area contributed by atoms with E-state index in [1.54, 1.807) is 18.5 Å². The van der Waals surface area contributed by atoms with Crippen molar-refractivity contribution >= 4 is 11.9 Å². The van der Waals surface area contributed by atoms with Gasteiger partial charge in [0.15, 0.2) is 0 Å². The molecule has 0 aliphatic carbocycles. The number of piperazine rings is 1. The Labute approximate surface area is 147 Å². The van der Waals surface area contributed by atoms with Crippen molar-refractivity contribution < 1.29 is 9.53 Å². The third kappa shape index (κ3) is 4.68. The molecule has 1 amide bonds. The van der Waals surface area contributed by atoms with Crippen molar-refractivity contribution in [2.45, 2.75) is 26.3 Å². The topological polar surface area (TPSA) is 76.4 Å². The molecule has 0 radical (unpaired) electrons. The van der Waals surface area contributed by atoms with Crippen molar-refractivity contribution in [1.29, 1.82) is 0 Å². The molecule has 134 valence electrons. The van der Waals surface area contributed by atoms with Gasteiger partial charge in [-0.3, -0.25) is 9.48 Å². The van der Waals surface area contributed by atoms with Crippen LogP contribution in [0.2, 0.25) is 0 Å². The van der Waals surface area contributed by atoms with Gasteiger partial charge in [0, 0.05) is 63.8 Å². The standard InChI is InChI=1S/C17H24N6O2/c1-2-25-15-6-8-18-17(20-15)22-13-11-21(12-14-22)16(24)5-3-9-23-10-4-7-19-23/h4,6-8,10H,2-3,5,9,11-14H2,1H3. The summed E-state index contributed by atoms with van der Waals surface area (Å²) in [7, 11) is 0. The molecule has 0 bridgehead atoms. The second kappa shape index (κ2) is 8.46. The summed E-state index contributed by atoms with van der Waals surface area (Å²) in [5.74, 6) is 1.46. The number of anilines is 1. The number of nitrogens with zero attached hydrogens (tertiary/aromatic N) is 6. The van der Waals surface area contributed by atoms with Gasteiger partial charge < -0.3 is 14.5 Å². The predicted octanol–water partition coefficient (Wildman–Crippen LogP) is 1.20. The van der Waals surface area contributed by atoms with Gasteiger partial charge >= 0.3 is 0 Å². The van der Waals surface area contributed by atoms with Crippen LogP contribution in [0.5, 0.6) is 5.88 Å². The van der Waals surface area contributed by atoms with Gasteiger partial charge in [-0.15, -0.1) is 0 Å². The van der Waals surface area contributed by atoms with E-state index in [1.807, 2.05) is 28.8 Å². The molecule has 3 heterocycles. The molecule has 0 saturated carbocycles. The molecule has 1 fully saturated rings. The Morgan fingerprint density at radius 2 is 2.08 bits per heavy atom. The normalized spacial score (nSPS) is 14.6. The van der Waals surface area contributed by atoms with E-state index in [1.165, 1.54) is 0 Å². The molecule has 3 rings (SSSR count). The number of carbonyl (C=O) groups is 1. The summed E-state index contributed by atoms with van der Waals surface area (Å²) in [4.78, 5) is 25.1. The van der Waals surface area contributed by atoms with E-state index in [0.717, 1.165) is 26.1 Å². The smallest absolute Gasteiger partial charge is 0.228 e. The van der Waals surface area contributed by atoms with Gasteiger partial charge in [-0.2, -0.15) is 10.1 Å². The van der Waals surface area contributed by atoms with E-state index in [4.69, 9.17) is 4.74 Å². The van der Waals surface area contributed by atoms with E-state index < -0.39 is 0 Å². The zero-order chi connectivity index (χ0) is 17.5. The minimum absolute atomic E-state index is 0.204. The zero-order valence-corrected chi connectivity index (χ0v) is 14.5. The number of aromatic nitrogens is 4. The van der Waals surface area contributed by atoms with Crippen LogP contribution in [0.25, 0.3) is 0 Å². The van der Waals surface area contributed by atoms with Gasteiger partial charge in [0.25, 0.3) is 0 Å². The fourth-order valence-corrected chi connectivity index (χ4v) is 2.85. The van der Waals surface area contributed by atoms with Crippen LogP contribution in [0.1, 0.15) is 19.8 Å². The van der Waals surface area contributed by atoms with Crippen molar-refractivity contribution in [3.63, 3.8) is 0 Å². The lowest BCUT2D eigenvalue weighted by Gasteiger charge is -2.34. The summed E-state index contributed by atoms with van der Waals surface area (Å²) < 4.78 is 7.28. The summed E-state index contributed by atoms with van der Waals surface area (Å²) in [5, 5.41) is 4.15. The van der Waals surface area contributed by atoms with Gasteiger partial charge in [-0.05, 0) is 19.4 Å². The Hall–Kier alpha value is -2.64. The van der Waals surface area contributed by atoms with Crippen molar-refractivity contribution in [3.8, 4) is 5.88 Å². The molecule has 0 unspecified atom stereocenters. The van der Waals surface area contributed by atoms with Gasteiger partial charge in [-0.1, -0.05) is 0 Å². The van der Waals surface area contributed by atoms with Gasteiger partial charge in [0.05, 0.1) is 6.61 Å². The predicted molar refractivity (Wildman–Crippen MR) is 93.5 cm³/mol. The highest BCUT2D eigenvalue weighted by atomic mass is 16.5. The van der Waals surface area contributed by atoms with Crippen molar-refractivity contribution in [2.75, 3.05) is 37.7 Å². The maximum Gasteiger partial charge on any atom is 0.228 e. The Balaban J connectivity index is 1.44. The fourth-order valence-electron chi connectivity index (χ4n) is 2.85. The summed E-state index contributed by atoms with van der Waals surface area (Å²) in [5.41, 5.74) is 0. The zero-order valence-electron chi connectivity index (χ0n) is 14.5. The highest BCUT2D eigenvalue weighted by Gasteiger charge is 2.22. The van der Waals surface area contributed by atoms with Gasteiger partial charge in [-0.25, -0.2) is 4.98 Å². The van der Waals surface area contributed by atoms with Crippen LogP contribution in [-0.2, 0) is 11.3 Å². The lowest BCUT2D eigenvalue weighted by molar-refractivity contribution is -0.131. The summed E-state index contributed by atoms with van der Waals surface area (Å²) in [6.45, 7) is 6.15. The van der Waals surface area contributed by atoms with Crippen molar-refractivity contribution in [3.05, 3.63) is 30.7 Å². The minimum atomic E-state index is 0.204. The van der Waals surface area contributed by atoms with Crippen molar-refractivity contribution in [1.82, 2.24) is 24.6 Å². The quantitative estimate of drug-likeness (QED) is 0.751. The van der Waals surface area contributed by atoms with E-state index in [2.05, 4.69) is 20.0 Å². The van der Waals surface area contributed by atoms with Crippen LogP contribution in [-0.4, -0.2) is 63.3 Å². The summed E-state index contributed by atoms with van der Waals surface area (Å²) >= 11 is 0. The van der Waals surface area contributed by atoms with E-state index >= 15 is 0 Å². The lowest BCUT2D eigenvalue weighted by atomic mass is 10.2. The third-order valence-electron chi connectivity index (χ3n) is 4.16. The number of carbonyl (C=O) groups excluding carboxylic acids is 1. The Kier molecular flexibility index (Phi) is 5.81. The maximum absolute atomic E-state index is 12.3. The molecule has 1 aliphatic heterocycles. The first kappa shape index (κ1) is 17.2. The van der Waals surface area contributed by atoms with Crippen LogP contribution in [0.3, 0.4) is 0 Å². The molecular formula is C17H24N6O2. The molecular weight excluding hydrogens is 320 g/mol. The first-order valence-corrected chi connectivity index (χ1v) is 8.72. The van der Waals surface area contributed by atoms with Crippen LogP contribution in [0.15, 0.2) is 30.7 Å². The molecule has 1 saturated heterocycles. The Morgan fingerprint density at radius 3 is 2.80 bits per heavy atom. The Morgan fingerprint density at radius 1 is 1.24 bits per heavy atom. The minimum Gasteiger partial charge on any atom is -0.478 e. The van der Waals surface area contributed by atoms with Gasteiger partial charge in [0.1, 0.15) is 0 Å². The molecule has 0 N–H and O–H groups in total. The monoisotopic (exact) mass is 344 g/mol. The van der Waals surface area contributed by atoms with Crippen LogP contribution >= 0.6 is 0 Å². The molecule has 2 aromatic rings. The van der Waals surface area contributed by atoms with E-state index in [-0.39, 0.29) is 5.91 Å². The van der Waals surface area contributed by atoms with Gasteiger partial charge in [0.2, 0.25) is 17.7 Å². The number of rotatable bonds is 7. The molecule has 2 aromatic heterocycles. The number of hydrogen-bond acceptors (Lipinski definition) is 6. The van der Waals surface area contributed by atoms with Crippen LogP contribution in [0.4, 0.5) is 5.95 Å². The molecule has 8 heteroatoms.